The molecule has 2 heterocycles. The molecule has 30 heavy (non-hydrogen) atoms. The Morgan fingerprint density at radius 1 is 1.17 bits per heavy atom. The second-order valence-electron chi connectivity index (χ2n) is 6.25. The number of nitrogens with zero attached hydrogens (tertiary/aromatic N) is 2. The first-order valence-electron chi connectivity index (χ1n) is 8.87. The van der Waals surface area contributed by atoms with Gasteiger partial charge in [0.2, 0.25) is 11.8 Å². The van der Waals surface area contributed by atoms with Crippen LogP contribution in [0.3, 0.4) is 0 Å². The Balaban J connectivity index is 1.47. The van der Waals surface area contributed by atoms with Crippen molar-refractivity contribution < 1.29 is 13.9 Å². The van der Waals surface area contributed by atoms with Crippen molar-refractivity contribution in [3.05, 3.63) is 76.4 Å². The summed E-state index contributed by atoms with van der Waals surface area (Å²) in [5.41, 5.74) is 3.17. The largest absolute Gasteiger partial charge is 0.495 e. The van der Waals surface area contributed by atoms with E-state index >= 15 is 0 Å². The van der Waals surface area contributed by atoms with Gasteiger partial charge in [0, 0.05) is 34.1 Å². The third-order valence-corrected chi connectivity index (χ3v) is 4.72. The van der Waals surface area contributed by atoms with E-state index in [1.807, 2.05) is 18.2 Å². The molecule has 1 amide bonds. The van der Waals surface area contributed by atoms with E-state index in [2.05, 4.69) is 15.3 Å². The maximum atomic E-state index is 12.3. The van der Waals surface area contributed by atoms with Crippen LogP contribution in [0.25, 0.3) is 28.8 Å². The number of oxazole rings is 1. The Kier molecular flexibility index (Phi) is 5.70. The zero-order valence-electron chi connectivity index (χ0n) is 15.7. The molecule has 0 radical (unpaired) electrons. The van der Waals surface area contributed by atoms with Gasteiger partial charge in [-0.1, -0.05) is 23.2 Å². The predicted octanol–water partition coefficient (Wildman–Crippen LogP) is 5.86. The monoisotopic (exact) mass is 439 g/mol. The number of fused-ring (bicyclic) bond motifs is 1. The fourth-order valence-electron chi connectivity index (χ4n) is 2.86. The van der Waals surface area contributed by atoms with Crippen LogP contribution >= 0.6 is 23.2 Å². The molecule has 0 aliphatic carbocycles. The Bertz CT molecular complexity index is 1220. The number of rotatable bonds is 5. The number of carbonyl (C=O) groups is 1. The highest BCUT2D eigenvalue weighted by atomic mass is 35.5. The average molecular weight is 440 g/mol. The smallest absolute Gasteiger partial charge is 0.248 e. The number of pyridine rings is 1. The van der Waals surface area contributed by atoms with Crippen LogP contribution in [0, 0.1) is 0 Å². The number of anilines is 1. The average Bonchev–Trinajstić information content (AvgIpc) is 3.17. The van der Waals surface area contributed by atoms with Gasteiger partial charge >= 0.3 is 0 Å². The van der Waals surface area contributed by atoms with Crippen LogP contribution in [-0.4, -0.2) is 23.0 Å². The molecule has 4 rings (SSSR count). The summed E-state index contributed by atoms with van der Waals surface area (Å²) < 4.78 is 11.0. The van der Waals surface area contributed by atoms with E-state index in [4.69, 9.17) is 32.4 Å². The van der Waals surface area contributed by atoms with Crippen molar-refractivity contribution in [1.82, 2.24) is 9.97 Å². The fourth-order valence-corrected chi connectivity index (χ4v) is 3.44. The molecule has 1 N–H and O–H groups in total. The summed E-state index contributed by atoms with van der Waals surface area (Å²) in [6.07, 6.45) is 4.63. The second kappa shape index (κ2) is 8.57. The first-order valence-corrected chi connectivity index (χ1v) is 9.63. The zero-order chi connectivity index (χ0) is 21.1. The third kappa shape index (κ3) is 4.30. The van der Waals surface area contributed by atoms with Crippen molar-refractivity contribution in [2.75, 3.05) is 12.4 Å². The number of amides is 1. The summed E-state index contributed by atoms with van der Waals surface area (Å²) in [6, 6.07) is 14.0. The van der Waals surface area contributed by atoms with Crippen LogP contribution in [0.1, 0.15) is 5.56 Å². The van der Waals surface area contributed by atoms with Crippen LogP contribution < -0.4 is 10.1 Å². The molecule has 0 saturated heterocycles. The van der Waals surface area contributed by atoms with Gasteiger partial charge in [0.15, 0.2) is 11.2 Å². The molecule has 4 aromatic rings. The van der Waals surface area contributed by atoms with Crippen molar-refractivity contribution in [1.29, 1.82) is 0 Å². The summed E-state index contributed by atoms with van der Waals surface area (Å²) in [4.78, 5) is 20.8. The molecular weight excluding hydrogens is 425 g/mol. The molecule has 0 fully saturated rings. The molecule has 0 spiro atoms. The minimum Gasteiger partial charge on any atom is -0.495 e. The minimum atomic E-state index is -0.313. The topological polar surface area (TPSA) is 77.2 Å². The summed E-state index contributed by atoms with van der Waals surface area (Å²) >= 11 is 12.1. The lowest BCUT2D eigenvalue weighted by Gasteiger charge is -2.08. The van der Waals surface area contributed by atoms with Gasteiger partial charge < -0.3 is 14.5 Å². The Labute approximate surface area is 182 Å². The van der Waals surface area contributed by atoms with Crippen LogP contribution in [0.15, 0.2) is 65.2 Å². The van der Waals surface area contributed by atoms with E-state index in [-0.39, 0.29) is 5.91 Å². The molecule has 0 atom stereocenters. The first-order chi connectivity index (χ1) is 14.5. The van der Waals surface area contributed by atoms with Crippen molar-refractivity contribution >= 4 is 52.1 Å². The van der Waals surface area contributed by atoms with Gasteiger partial charge in [-0.25, -0.2) is 4.98 Å². The van der Waals surface area contributed by atoms with Gasteiger partial charge in [0.25, 0.3) is 0 Å². The van der Waals surface area contributed by atoms with E-state index in [1.54, 1.807) is 42.6 Å². The summed E-state index contributed by atoms with van der Waals surface area (Å²) in [7, 11) is 1.50. The van der Waals surface area contributed by atoms with Gasteiger partial charge in [-0.15, -0.1) is 0 Å². The molecule has 0 aliphatic rings. The van der Waals surface area contributed by atoms with Crippen molar-refractivity contribution in [3.8, 4) is 17.2 Å². The molecule has 150 valence electrons. The quantitative estimate of drug-likeness (QED) is 0.394. The Morgan fingerprint density at radius 3 is 2.70 bits per heavy atom. The number of halogens is 2. The number of hydrogen-bond donors (Lipinski definition) is 1. The van der Waals surface area contributed by atoms with Crippen molar-refractivity contribution in [3.63, 3.8) is 0 Å². The summed E-state index contributed by atoms with van der Waals surface area (Å²) in [5, 5.41) is 3.61. The Hall–Kier alpha value is -3.35. The molecule has 0 saturated carbocycles. The number of methoxy groups -OCH3 is 1. The molecule has 0 bridgehead atoms. The molecule has 8 heteroatoms. The Morgan fingerprint density at radius 2 is 1.97 bits per heavy atom. The van der Waals surface area contributed by atoms with E-state index in [0.29, 0.717) is 44.2 Å². The van der Waals surface area contributed by atoms with Gasteiger partial charge in [-0.05, 0) is 54.6 Å². The highest BCUT2D eigenvalue weighted by molar-refractivity contribution is 6.36. The maximum absolute atomic E-state index is 12.3. The number of aromatic nitrogens is 2. The summed E-state index contributed by atoms with van der Waals surface area (Å²) in [6.45, 7) is 0. The first kappa shape index (κ1) is 19.9. The molecule has 2 aromatic carbocycles. The van der Waals surface area contributed by atoms with Crippen LogP contribution in [0.4, 0.5) is 5.69 Å². The fraction of sp³-hybridized carbons (Fsp3) is 0.0455. The number of carbonyl (C=O) groups excluding carboxylic acids is 1. The van der Waals surface area contributed by atoms with Gasteiger partial charge in [-0.2, -0.15) is 4.98 Å². The SMILES string of the molecule is COc1c(Cl)cc(Cl)cc1C=CC(=O)Nc1ccc(-c2nc3ncccc3o2)cc1. The van der Waals surface area contributed by atoms with Gasteiger partial charge in [0.1, 0.15) is 5.75 Å². The summed E-state index contributed by atoms with van der Waals surface area (Å²) in [5.74, 6) is 0.598. The van der Waals surface area contributed by atoms with Gasteiger partial charge in [-0.3, -0.25) is 4.79 Å². The highest BCUT2D eigenvalue weighted by Gasteiger charge is 2.10. The molecule has 2 aromatic heterocycles. The van der Waals surface area contributed by atoms with Crippen molar-refractivity contribution in [2.45, 2.75) is 0 Å². The number of nitrogens with one attached hydrogen (secondary N) is 1. The van der Waals surface area contributed by atoms with Crippen LogP contribution in [0.5, 0.6) is 5.75 Å². The zero-order valence-corrected chi connectivity index (χ0v) is 17.2. The molecular formula is C22H15Cl2N3O3. The lowest BCUT2D eigenvalue weighted by molar-refractivity contribution is -0.111. The van der Waals surface area contributed by atoms with E-state index in [1.165, 1.54) is 13.2 Å². The van der Waals surface area contributed by atoms with Crippen LogP contribution in [0.2, 0.25) is 10.0 Å². The molecule has 0 aliphatic heterocycles. The van der Waals surface area contributed by atoms with Crippen LogP contribution in [-0.2, 0) is 4.79 Å². The number of benzene rings is 2. The van der Waals surface area contributed by atoms with Gasteiger partial charge in [0.05, 0.1) is 12.1 Å². The molecule has 0 unspecified atom stereocenters. The van der Waals surface area contributed by atoms with E-state index < -0.39 is 0 Å². The lowest BCUT2D eigenvalue weighted by atomic mass is 10.1. The maximum Gasteiger partial charge on any atom is 0.248 e. The second-order valence-corrected chi connectivity index (χ2v) is 7.10. The van der Waals surface area contributed by atoms with Crippen molar-refractivity contribution in [2.24, 2.45) is 0 Å². The molecule has 6 nitrogen and oxygen atoms in total. The minimum absolute atomic E-state index is 0.313. The number of hydrogen-bond acceptors (Lipinski definition) is 5. The highest BCUT2D eigenvalue weighted by Crippen LogP contribution is 2.33. The normalized spacial score (nSPS) is 11.2. The van der Waals surface area contributed by atoms with E-state index in [9.17, 15) is 4.79 Å². The predicted molar refractivity (Wildman–Crippen MR) is 118 cm³/mol. The lowest BCUT2D eigenvalue weighted by Crippen LogP contribution is -2.07. The third-order valence-electron chi connectivity index (χ3n) is 4.22. The number of ether oxygens (including phenoxy) is 1. The van der Waals surface area contributed by atoms with E-state index in [0.717, 1.165) is 5.56 Å². The standard InChI is InChI=1S/C22H15Cl2N3O3/c1-29-20-14(11-15(23)12-17(20)24)6-9-19(28)26-16-7-4-13(5-8-16)22-27-21-18(30-22)3-2-10-25-21/h2-12H,1H3,(H,26,28).